The third-order valence-corrected chi connectivity index (χ3v) is 2.60. The highest BCUT2D eigenvalue weighted by molar-refractivity contribution is 6.18. The molecule has 0 saturated heterocycles. The van der Waals surface area contributed by atoms with Gasteiger partial charge in [-0.05, 0) is 16.5 Å². The lowest BCUT2D eigenvalue weighted by molar-refractivity contribution is 0.575. The van der Waals surface area contributed by atoms with Crippen LogP contribution >= 0.6 is 11.6 Å². The van der Waals surface area contributed by atoms with Crippen molar-refractivity contribution < 1.29 is 0 Å². The number of benzene rings is 1. The van der Waals surface area contributed by atoms with Gasteiger partial charge in [0, 0.05) is 19.0 Å². The van der Waals surface area contributed by atoms with E-state index in [9.17, 15) is 0 Å². The number of hydrogen-bond donors (Lipinski definition) is 1. The first kappa shape index (κ1) is 12.5. The largest absolute Gasteiger partial charge is 0.311 e. The maximum atomic E-state index is 5.63. The summed E-state index contributed by atoms with van der Waals surface area (Å²) < 4.78 is 0. The average molecular weight is 226 g/mol. The summed E-state index contributed by atoms with van der Waals surface area (Å²) in [5.74, 6) is 0.664. The normalized spacial score (nSPS) is 11.7. The van der Waals surface area contributed by atoms with E-state index in [1.165, 1.54) is 11.1 Å². The highest BCUT2D eigenvalue weighted by Gasteiger charge is 2.16. The highest BCUT2D eigenvalue weighted by Crippen LogP contribution is 2.25. The molecule has 0 aliphatic carbocycles. The monoisotopic (exact) mass is 225 g/mol. The maximum Gasteiger partial charge on any atom is 0.0348 e. The van der Waals surface area contributed by atoms with Crippen molar-refractivity contribution in [3.63, 3.8) is 0 Å². The molecule has 0 aliphatic rings. The Kier molecular flexibility index (Phi) is 4.62. The van der Waals surface area contributed by atoms with Gasteiger partial charge in [0.1, 0.15) is 0 Å². The molecule has 1 N–H and O–H groups in total. The Morgan fingerprint density at radius 1 is 1.20 bits per heavy atom. The van der Waals surface area contributed by atoms with Crippen LogP contribution in [-0.4, -0.2) is 12.4 Å². The van der Waals surface area contributed by atoms with Crippen LogP contribution in [0.3, 0.4) is 0 Å². The molecule has 0 bridgehead atoms. The van der Waals surface area contributed by atoms with Gasteiger partial charge in [-0.3, -0.25) is 0 Å². The van der Waals surface area contributed by atoms with Crippen LogP contribution < -0.4 is 5.32 Å². The number of alkyl halides is 1. The molecule has 84 valence electrons. The molecule has 1 rings (SSSR count). The van der Waals surface area contributed by atoms with Crippen LogP contribution in [0.15, 0.2) is 24.3 Å². The van der Waals surface area contributed by atoms with E-state index in [2.05, 4.69) is 50.4 Å². The molecule has 0 heterocycles. The lowest BCUT2D eigenvalue weighted by Gasteiger charge is -2.23. The van der Waals surface area contributed by atoms with Gasteiger partial charge in [0.25, 0.3) is 0 Å². The van der Waals surface area contributed by atoms with E-state index in [0.29, 0.717) is 5.88 Å². The number of nitrogens with one attached hydrogen (secondary N) is 1. The van der Waals surface area contributed by atoms with Gasteiger partial charge in [-0.15, -0.1) is 11.6 Å². The van der Waals surface area contributed by atoms with Gasteiger partial charge in [0.2, 0.25) is 0 Å². The van der Waals surface area contributed by atoms with Gasteiger partial charge in [-0.25, -0.2) is 0 Å². The van der Waals surface area contributed by atoms with Crippen molar-refractivity contribution in [3.05, 3.63) is 35.4 Å². The standard InChI is InChI=1S/C13H20ClN/c1-13(2,3)12-7-5-4-6-11(12)10-15-9-8-14/h4-7,15H,8-10H2,1-3H3. The van der Waals surface area contributed by atoms with Crippen LogP contribution in [0.1, 0.15) is 31.9 Å². The van der Waals surface area contributed by atoms with Gasteiger partial charge >= 0.3 is 0 Å². The van der Waals surface area contributed by atoms with Gasteiger partial charge in [0.15, 0.2) is 0 Å². The van der Waals surface area contributed by atoms with E-state index in [0.717, 1.165) is 13.1 Å². The Morgan fingerprint density at radius 2 is 1.87 bits per heavy atom. The van der Waals surface area contributed by atoms with Crippen molar-refractivity contribution in [3.8, 4) is 0 Å². The summed E-state index contributed by atoms with van der Waals surface area (Å²) in [6.45, 7) is 8.49. The van der Waals surface area contributed by atoms with E-state index < -0.39 is 0 Å². The second kappa shape index (κ2) is 5.53. The molecular weight excluding hydrogens is 206 g/mol. The fourth-order valence-corrected chi connectivity index (χ4v) is 1.83. The topological polar surface area (TPSA) is 12.0 Å². The summed E-state index contributed by atoms with van der Waals surface area (Å²) in [6.07, 6.45) is 0. The predicted molar refractivity (Wildman–Crippen MR) is 67.6 cm³/mol. The van der Waals surface area contributed by atoms with Crippen LogP contribution in [0.25, 0.3) is 0 Å². The minimum Gasteiger partial charge on any atom is -0.311 e. The number of halogens is 1. The number of hydrogen-bond acceptors (Lipinski definition) is 1. The maximum absolute atomic E-state index is 5.63. The summed E-state index contributed by atoms with van der Waals surface area (Å²) in [7, 11) is 0. The van der Waals surface area contributed by atoms with Crippen molar-refractivity contribution in [2.75, 3.05) is 12.4 Å². The van der Waals surface area contributed by atoms with Crippen molar-refractivity contribution in [1.29, 1.82) is 0 Å². The Balaban J connectivity index is 2.78. The van der Waals surface area contributed by atoms with Crippen LogP contribution in [0.4, 0.5) is 0 Å². The zero-order valence-electron chi connectivity index (χ0n) is 9.81. The number of rotatable bonds is 4. The second-order valence-corrected chi connectivity index (χ2v) is 5.15. The molecule has 1 nitrogen and oxygen atoms in total. The summed E-state index contributed by atoms with van der Waals surface area (Å²) in [5.41, 5.74) is 2.99. The summed E-state index contributed by atoms with van der Waals surface area (Å²) in [5, 5.41) is 3.33. The minimum absolute atomic E-state index is 0.208. The molecule has 0 unspecified atom stereocenters. The smallest absolute Gasteiger partial charge is 0.0348 e. The average Bonchev–Trinajstić information content (AvgIpc) is 2.17. The van der Waals surface area contributed by atoms with Gasteiger partial charge in [-0.1, -0.05) is 45.0 Å². The van der Waals surface area contributed by atoms with Gasteiger partial charge in [-0.2, -0.15) is 0 Å². The summed E-state index contributed by atoms with van der Waals surface area (Å²) in [4.78, 5) is 0. The van der Waals surface area contributed by atoms with E-state index in [4.69, 9.17) is 11.6 Å². The first-order valence-electron chi connectivity index (χ1n) is 5.41. The first-order valence-corrected chi connectivity index (χ1v) is 5.94. The van der Waals surface area contributed by atoms with Crippen molar-refractivity contribution >= 4 is 11.6 Å². The first-order chi connectivity index (χ1) is 7.05. The lowest BCUT2D eigenvalue weighted by Crippen LogP contribution is -2.20. The Bertz CT molecular complexity index is 302. The molecule has 2 heteroatoms. The Hall–Kier alpha value is -0.530. The Morgan fingerprint density at radius 3 is 2.47 bits per heavy atom. The molecule has 1 aromatic carbocycles. The van der Waals surface area contributed by atoms with Crippen LogP contribution in [-0.2, 0) is 12.0 Å². The summed E-state index contributed by atoms with van der Waals surface area (Å²) in [6, 6.07) is 8.58. The zero-order valence-corrected chi connectivity index (χ0v) is 10.6. The van der Waals surface area contributed by atoms with Crippen molar-refractivity contribution in [2.24, 2.45) is 0 Å². The Labute approximate surface area is 97.8 Å². The summed E-state index contributed by atoms with van der Waals surface area (Å²) >= 11 is 5.63. The van der Waals surface area contributed by atoms with E-state index in [1.807, 2.05) is 0 Å². The quantitative estimate of drug-likeness (QED) is 0.613. The van der Waals surface area contributed by atoms with E-state index >= 15 is 0 Å². The zero-order chi connectivity index (χ0) is 11.3. The third-order valence-electron chi connectivity index (χ3n) is 2.41. The third kappa shape index (κ3) is 3.84. The molecule has 15 heavy (non-hydrogen) atoms. The van der Waals surface area contributed by atoms with Crippen molar-refractivity contribution in [2.45, 2.75) is 32.7 Å². The molecule has 0 fully saturated rings. The SMILES string of the molecule is CC(C)(C)c1ccccc1CNCCCl. The van der Waals surface area contributed by atoms with E-state index in [1.54, 1.807) is 0 Å². The fraction of sp³-hybridized carbons (Fsp3) is 0.538. The van der Waals surface area contributed by atoms with Crippen LogP contribution in [0, 0.1) is 0 Å². The van der Waals surface area contributed by atoms with Gasteiger partial charge in [0.05, 0.1) is 0 Å². The van der Waals surface area contributed by atoms with Gasteiger partial charge < -0.3 is 5.32 Å². The molecular formula is C13H20ClN. The predicted octanol–water partition coefficient (Wildman–Crippen LogP) is 3.31. The molecule has 0 amide bonds. The molecule has 1 aromatic rings. The van der Waals surface area contributed by atoms with E-state index in [-0.39, 0.29) is 5.41 Å². The van der Waals surface area contributed by atoms with Crippen LogP contribution in [0.5, 0.6) is 0 Å². The highest BCUT2D eigenvalue weighted by atomic mass is 35.5. The fourth-order valence-electron chi connectivity index (χ4n) is 1.70. The minimum atomic E-state index is 0.208. The molecule has 0 spiro atoms. The molecule has 0 radical (unpaired) electrons. The lowest BCUT2D eigenvalue weighted by atomic mass is 9.84. The van der Waals surface area contributed by atoms with Crippen molar-refractivity contribution in [1.82, 2.24) is 5.32 Å². The second-order valence-electron chi connectivity index (χ2n) is 4.77. The molecule has 0 atom stereocenters. The van der Waals surface area contributed by atoms with Crippen LogP contribution in [0.2, 0.25) is 0 Å². The molecule has 0 aliphatic heterocycles. The molecule has 0 aromatic heterocycles. The molecule has 0 saturated carbocycles.